The Morgan fingerprint density at radius 3 is 2.60 bits per heavy atom. The van der Waals surface area contributed by atoms with Gasteiger partial charge in [-0.25, -0.2) is 8.78 Å². The number of amides is 1. The van der Waals surface area contributed by atoms with E-state index in [1.54, 1.807) is 24.3 Å². The Kier molecular flexibility index (Phi) is 4.20. The normalized spacial score (nSPS) is 11.9. The highest BCUT2D eigenvalue weighted by molar-refractivity contribution is 6.30. The average molecular weight is 297 g/mol. The molecule has 0 aliphatic rings. The molecule has 0 aliphatic heterocycles. The first kappa shape index (κ1) is 14.3. The fraction of sp³-hybridized carbons (Fsp3) is 0.0714. The second kappa shape index (κ2) is 5.88. The number of anilines is 1. The van der Waals surface area contributed by atoms with Gasteiger partial charge in [0, 0.05) is 16.3 Å². The molecule has 2 aromatic carbocycles. The minimum absolute atomic E-state index is 0.155. The van der Waals surface area contributed by atoms with Crippen LogP contribution in [-0.2, 0) is 4.79 Å². The van der Waals surface area contributed by atoms with Crippen LogP contribution in [0.3, 0.4) is 0 Å². The number of benzene rings is 2. The summed E-state index contributed by atoms with van der Waals surface area (Å²) in [6.45, 7) is 0. The Bertz CT molecular complexity index is 649. The van der Waals surface area contributed by atoms with Gasteiger partial charge in [-0.2, -0.15) is 0 Å². The standard InChI is InChI=1S/C14H11ClF2N2O/c15-8-2-1-3-10(6-8)19-13(14(18)20)11-7-9(16)4-5-12(11)17/h1-7,13,19H,(H2,18,20). The maximum absolute atomic E-state index is 13.7. The molecule has 3 nitrogen and oxygen atoms in total. The Labute approximate surface area is 119 Å². The van der Waals surface area contributed by atoms with Gasteiger partial charge in [0.15, 0.2) is 0 Å². The van der Waals surface area contributed by atoms with E-state index in [-0.39, 0.29) is 5.56 Å². The third-order valence-electron chi connectivity index (χ3n) is 2.69. The van der Waals surface area contributed by atoms with E-state index in [0.717, 1.165) is 18.2 Å². The van der Waals surface area contributed by atoms with Crippen LogP contribution in [0.1, 0.15) is 11.6 Å². The average Bonchev–Trinajstić information content (AvgIpc) is 2.39. The molecular formula is C14H11ClF2N2O. The molecule has 1 atom stereocenters. The second-order valence-electron chi connectivity index (χ2n) is 4.16. The summed E-state index contributed by atoms with van der Waals surface area (Å²) >= 11 is 5.82. The molecule has 0 saturated carbocycles. The van der Waals surface area contributed by atoms with E-state index in [0.29, 0.717) is 10.7 Å². The van der Waals surface area contributed by atoms with Crippen LogP contribution in [0, 0.1) is 11.6 Å². The Morgan fingerprint density at radius 2 is 1.95 bits per heavy atom. The van der Waals surface area contributed by atoms with Crippen molar-refractivity contribution in [3.8, 4) is 0 Å². The van der Waals surface area contributed by atoms with E-state index in [2.05, 4.69) is 5.32 Å². The van der Waals surface area contributed by atoms with E-state index in [9.17, 15) is 13.6 Å². The van der Waals surface area contributed by atoms with Gasteiger partial charge in [-0.15, -0.1) is 0 Å². The first-order valence-corrected chi connectivity index (χ1v) is 6.11. The first-order chi connectivity index (χ1) is 9.47. The topological polar surface area (TPSA) is 55.1 Å². The SMILES string of the molecule is NC(=O)C(Nc1cccc(Cl)c1)c1cc(F)ccc1F. The maximum Gasteiger partial charge on any atom is 0.244 e. The van der Waals surface area contributed by atoms with E-state index >= 15 is 0 Å². The van der Waals surface area contributed by atoms with Gasteiger partial charge >= 0.3 is 0 Å². The first-order valence-electron chi connectivity index (χ1n) is 5.74. The van der Waals surface area contributed by atoms with E-state index in [1.165, 1.54) is 0 Å². The van der Waals surface area contributed by atoms with Crippen molar-refractivity contribution in [2.24, 2.45) is 5.73 Å². The Morgan fingerprint density at radius 1 is 1.20 bits per heavy atom. The lowest BCUT2D eigenvalue weighted by molar-refractivity contribution is -0.118. The van der Waals surface area contributed by atoms with Crippen molar-refractivity contribution in [3.63, 3.8) is 0 Å². The highest BCUT2D eigenvalue weighted by Crippen LogP contribution is 2.24. The van der Waals surface area contributed by atoms with Crippen LogP contribution in [-0.4, -0.2) is 5.91 Å². The van der Waals surface area contributed by atoms with E-state index < -0.39 is 23.6 Å². The molecule has 2 rings (SSSR count). The molecule has 0 bridgehead atoms. The number of nitrogens with one attached hydrogen (secondary N) is 1. The largest absolute Gasteiger partial charge is 0.370 e. The van der Waals surface area contributed by atoms with Crippen LogP contribution in [0.5, 0.6) is 0 Å². The molecule has 0 heterocycles. The predicted octanol–water partition coefficient (Wildman–Crippen LogP) is 3.26. The molecule has 0 radical (unpaired) electrons. The summed E-state index contributed by atoms with van der Waals surface area (Å²) in [5.74, 6) is -2.19. The number of halogens is 3. The molecule has 0 saturated heterocycles. The number of primary amides is 1. The summed E-state index contributed by atoms with van der Waals surface area (Å²) < 4.78 is 26.9. The van der Waals surface area contributed by atoms with Gasteiger partial charge in [0.25, 0.3) is 0 Å². The van der Waals surface area contributed by atoms with Gasteiger partial charge in [0.1, 0.15) is 17.7 Å². The molecule has 6 heteroatoms. The summed E-state index contributed by atoms with van der Waals surface area (Å²) in [6, 6.07) is 8.15. The molecule has 20 heavy (non-hydrogen) atoms. The van der Waals surface area contributed by atoms with Gasteiger partial charge in [-0.3, -0.25) is 4.79 Å². The van der Waals surface area contributed by atoms with E-state index in [1.807, 2.05) is 0 Å². The molecule has 0 spiro atoms. The lowest BCUT2D eigenvalue weighted by Crippen LogP contribution is -2.28. The minimum atomic E-state index is -1.19. The fourth-order valence-electron chi connectivity index (χ4n) is 1.78. The Balaban J connectivity index is 2.37. The van der Waals surface area contributed by atoms with Crippen molar-refractivity contribution in [2.45, 2.75) is 6.04 Å². The monoisotopic (exact) mass is 296 g/mol. The quantitative estimate of drug-likeness (QED) is 0.910. The highest BCUT2D eigenvalue weighted by atomic mass is 35.5. The van der Waals surface area contributed by atoms with Crippen LogP contribution in [0.2, 0.25) is 5.02 Å². The van der Waals surface area contributed by atoms with Crippen LogP contribution in [0.15, 0.2) is 42.5 Å². The molecular weight excluding hydrogens is 286 g/mol. The lowest BCUT2D eigenvalue weighted by Gasteiger charge is -2.18. The van der Waals surface area contributed by atoms with Crippen molar-refractivity contribution in [2.75, 3.05) is 5.32 Å². The molecule has 0 fully saturated rings. The maximum atomic E-state index is 13.7. The minimum Gasteiger partial charge on any atom is -0.370 e. The van der Waals surface area contributed by atoms with Crippen molar-refractivity contribution in [1.82, 2.24) is 0 Å². The number of carbonyl (C=O) groups excluding carboxylic acids is 1. The number of carbonyl (C=O) groups is 1. The van der Waals surface area contributed by atoms with Gasteiger partial charge < -0.3 is 11.1 Å². The molecule has 2 aromatic rings. The van der Waals surface area contributed by atoms with Crippen LogP contribution in [0.25, 0.3) is 0 Å². The van der Waals surface area contributed by atoms with Crippen molar-refractivity contribution in [3.05, 3.63) is 64.7 Å². The zero-order valence-corrected chi connectivity index (χ0v) is 11.0. The van der Waals surface area contributed by atoms with Crippen LogP contribution < -0.4 is 11.1 Å². The fourth-order valence-corrected chi connectivity index (χ4v) is 1.97. The van der Waals surface area contributed by atoms with Crippen molar-refractivity contribution < 1.29 is 13.6 Å². The van der Waals surface area contributed by atoms with Crippen LogP contribution in [0.4, 0.5) is 14.5 Å². The van der Waals surface area contributed by atoms with E-state index in [4.69, 9.17) is 17.3 Å². The van der Waals surface area contributed by atoms with Crippen molar-refractivity contribution >= 4 is 23.2 Å². The van der Waals surface area contributed by atoms with Gasteiger partial charge in [0.2, 0.25) is 5.91 Å². The molecule has 3 N–H and O–H groups in total. The van der Waals surface area contributed by atoms with Gasteiger partial charge in [0.05, 0.1) is 0 Å². The Hall–Kier alpha value is -2.14. The third-order valence-corrected chi connectivity index (χ3v) is 2.92. The van der Waals surface area contributed by atoms with Gasteiger partial charge in [-0.05, 0) is 36.4 Å². The molecule has 104 valence electrons. The molecule has 0 aliphatic carbocycles. The summed E-state index contributed by atoms with van der Waals surface area (Å²) in [7, 11) is 0. The zero-order chi connectivity index (χ0) is 14.7. The molecule has 1 unspecified atom stereocenters. The number of rotatable bonds is 4. The molecule has 1 amide bonds. The second-order valence-corrected chi connectivity index (χ2v) is 4.59. The highest BCUT2D eigenvalue weighted by Gasteiger charge is 2.22. The van der Waals surface area contributed by atoms with Crippen LogP contribution >= 0.6 is 11.6 Å². The number of hydrogen-bond acceptors (Lipinski definition) is 2. The summed E-state index contributed by atoms with van der Waals surface area (Å²) in [6.07, 6.45) is 0. The summed E-state index contributed by atoms with van der Waals surface area (Å²) in [5, 5.41) is 3.18. The predicted molar refractivity (Wildman–Crippen MR) is 73.4 cm³/mol. The van der Waals surface area contributed by atoms with Crippen molar-refractivity contribution in [1.29, 1.82) is 0 Å². The zero-order valence-electron chi connectivity index (χ0n) is 10.2. The number of hydrogen-bond donors (Lipinski definition) is 2. The lowest BCUT2D eigenvalue weighted by atomic mass is 10.0. The van der Waals surface area contributed by atoms with Gasteiger partial charge in [-0.1, -0.05) is 17.7 Å². The molecule has 0 aromatic heterocycles. The third kappa shape index (κ3) is 3.24. The smallest absolute Gasteiger partial charge is 0.244 e. The number of nitrogens with two attached hydrogens (primary N) is 1. The summed E-state index contributed by atoms with van der Waals surface area (Å²) in [4.78, 5) is 11.5. The summed E-state index contributed by atoms with van der Waals surface area (Å²) in [5.41, 5.74) is 5.57.